The number of ether oxygens (including phenoxy) is 1. The molecule has 0 bridgehead atoms. The molecule has 0 saturated carbocycles. The van der Waals surface area contributed by atoms with E-state index in [4.69, 9.17) is 9.15 Å². The summed E-state index contributed by atoms with van der Waals surface area (Å²) in [5.41, 5.74) is 0.390. The lowest BCUT2D eigenvalue weighted by Crippen LogP contribution is -2.41. The van der Waals surface area contributed by atoms with Crippen molar-refractivity contribution in [1.82, 2.24) is 0 Å². The first-order valence-corrected chi connectivity index (χ1v) is 5.97. The van der Waals surface area contributed by atoms with Gasteiger partial charge in [-0.1, -0.05) is 12.1 Å². The summed E-state index contributed by atoms with van der Waals surface area (Å²) in [7, 11) is 0. The quantitative estimate of drug-likeness (QED) is 0.834. The fourth-order valence-electron chi connectivity index (χ4n) is 2.23. The van der Waals surface area contributed by atoms with E-state index in [0.717, 1.165) is 0 Å². The predicted octanol–water partition coefficient (Wildman–Crippen LogP) is 1.87. The fourth-order valence-corrected chi connectivity index (χ4v) is 2.23. The standard InChI is InChI=1S/C14H14O4/c1-14(8-15)7-6-10-12(16)9-4-2-3-5-11(9)17-13(10)18-14/h2-5,15H,6-8H2,1H3. The van der Waals surface area contributed by atoms with Gasteiger partial charge in [-0.2, -0.15) is 0 Å². The van der Waals surface area contributed by atoms with Gasteiger partial charge in [0.2, 0.25) is 0 Å². The predicted molar refractivity (Wildman–Crippen MR) is 66.9 cm³/mol. The van der Waals surface area contributed by atoms with Gasteiger partial charge >= 0.3 is 0 Å². The van der Waals surface area contributed by atoms with Crippen molar-refractivity contribution in [2.45, 2.75) is 25.4 Å². The third-order valence-electron chi connectivity index (χ3n) is 3.43. The van der Waals surface area contributed by atoms with Crippen molar-refractivity contribution < 1.29 is 14.3 Å². The van der Waals surface area contributed by atoms with Crippen LogP contribution in [0.3, 0.4) is 0 Å². The number of para-hydroxylation sites is 1. The fraction of sp³-hybridized carbons (Fsp3) is 0.357. The van der Waals surface area contributed by atoms with E-state index in [1.165, 1.54) is 0 Å². The third-order valence-corrected chi connectivity index (χ3v) is 3.43. The molecule has 4 heteroatoms. The number of fused-ring (bicyclic) bond motifs is 2. The Morgan fingerprint density at radius 1 is 1.39 bits per heavy atom. The maximum absolute atomic E-state index is 12.3. The molecule has 1 aliphatic rings. The zero-order chi connectivity index (χ0) is 12.8. The molecule has 1 aromatic carbocycles. The van der Waals surface area contributed by atoms with Gasteiger partial charge in [-0.05, 0) is 31.9 Å². The number of rotatable bonds is 1. The van der Waals surface area contributed by atoms with Crippen LogP contribution in [0, 0.1) is 0 Å². The highest BCUT2D eigenvalue weighted by Crippen LogP contribution is 2.33. The Hall–Kier alpha value is -1.81. The van der Waals surface area contributed by atoms with Crippen LogP contribution in [0.25, 0.3) is 11.0 Å². The molecule has 1 N–H and O–H groups in total. The second kappa shape index (κ2) is 3.85. The second-order valence-electron chi connectivity index (χ2n) is 4.90. The average Bonchev–Trinajstić information content (AvgIpc) is 2.39. The van der Waals surface area contributed by atoms with E-state index in [9.17, 15) is 9.90 Å². The van der Waals surface area contributed by atoms with Crippen molar-refractivity contribution in [2.24, 2.45) is 0 Å². The minimum atomic E-state index is -0.661. The smallest absolute Gasteiger partial charge is 0.292 e. The van der Waals surface area contributed by atoms with Crippen LogP contribution in [0.5, 0.6) is 5.95 Å². The van der Waals surface area contributed by atoms with Gasteiger partial charge in [0.25, 0.3) is 5.95 Å². The first-order valence-electron chi connectivity index (χ1n) is 5.97. The molecular formula is C14H14O4. The van der Waals surface area contributed by atoms with Gasteiger partial charge in [0, 0.05) is 0 Å². The number of aliphatic hydroxyl groups is 1. The van der Waals surface area contributed by atoms with Crippen LogP contribution in [0.1, 0.15) is 18.9 Å². The average molecular weight is 246 g/mol. The maximum atomic E-state index is 12.3. The maximum Gasteiger partial charge on any atom is 0.292 e. The van der Waals surface area contributed by atoms with Gasteiger partial charge in [0.15, 0.2) is 5.43 Å². The molecule has 0 saturated heterocycles. The molecule has 1 atom stereocenters. The van der Waals surface area contributed by atoms with Gasteiger partial charge in [-0.3, -0.25) is 4.79 Å². The lowest BCUT2D eigenvalue weighted by atomic mass is 9.94. The highest BCUT2D eigenvalue weighted by Gasteiger charge is 2.34. The van der Waals surface area contributed by atoms with Crippen LogP contribution in [-0.4, -0.2) is 17.3 Å². The van der Waals surface area contributed by atoms with Crippen LogP contribution in [0.2, 0.25) is 0 Å². The summed E-state index contributed by atoms with van der Waals surface area (Å²) in [5.74, 6) is 0.251. The summed E-state index contributed by atoms with van der Waals surface area (Å²) in [6.45, 7) is 1.72. The molecule has 18 heavy (non-hydrogen) atoms. The number of hydrogen-bond acceptors (Lipinski definition) is 4. The van der Waals surface area contributed by atoms with Crippen molar-refractivity contribution in [3.63, 3.8) is 0 Å². The Balaban J connectivity index is 2.22. The van der Waals surface area contributed by atoms with Gasteiger partial charge in [-0.25, -0.2) is 0 Å². The van der Waals surface area contributed by atoms with E-state index in [1.54, 1.807) is 12.1 Å². The Morgan fingerprint density at radius 2 is 2.17 bits per heavy atom. The molecule has 2 heterocycles. The minimum absolute atomic E-state index is 0.0353. The molecule has 2 aromatic rings. The van der Waals surface area contributed by atoms with E-state index in [0.29, 0.717) is 29.4 Å². The molecular weight excluding hydrogens is 232 g/mol. The van der Waals surface area contributed by atoms with Crippen molar-refractivity contribution in [3.05, 3.63) is 40.1 Å². The van der Waals surface area contributed by atoms with Crippen LogP contribution >= 0.6 is 0 Å². The van der Waals surface area contributed by atoms with E-state index >= 15 is 0 Å². The summed E-state index contributed by atoms with van der Waals surface area (Å²) in [5, 5.41) is 9.89. The first kappa shape index (κ1) is 11.3. The molecule has 0 aliphatic carbocycles. The molecule has 4 nitrogen and oxygen atoms in total. The number of benzene rings is 1. The highest BCUT2D eigenvalue weighted by atomic mass is 16.6. The van der Waals surface area contributed by atoms with Crippen LogP contribution in [-0.2, 0) is 6.42 Å². The summed E-state index contributed by atoms with van der Waals surface area (Å²) in [6.07, 6.45) is 1.18. The summed E-state index contributed by atoms with van der Waals surface area (Å²) < 4.78 is 11.3. The largest absolute Gasteiger partial charge is 0.456 e. The van der Waals surface area contributed by atoms with E-state index < -0.39 is 5.60 Å². The molecule has 0 radical (unpaired) electrons. The topological polar surface area (TPSA) is 59.7 Å². The lowest BCUT2D eigenvalue weighted by Gasteiger charge is -2.32. The lowest BCUT2D eigenvalue weighted by molar-refractivity contribution is -0.0113. The molecule has 1 aromatic heterocycles. The first-order chi connectivity index (χ1) is 8.63. The SMILES string of the molecule is CC1(CO)CCc2c(oc3ccccc3c2=O)O1. The Bertz CT molecular complexity index is 658. The summed E-state index contributed by atoms with van der Waals surface area (Å²) in [6, 6.07) is 7.12. The van der Waals surface area contributed by atoms with E-state index in [1.807, 2.05) is 19.1 Å². The van der Waals surface area contributed by atoms with Crippen LogP contribution < -0.4 is 10.2 Å². The number of aliphatic hydroxyl groups excluding tert-OH is 1. The van der Waals surface area contributed by atoms with Crippen LogP contribution in [0.4, 0.5) is 0 Å². The molecule has 3 rings (SSSR count). The molecule has 1 unspecified atom stereocenters. The Labute approximate surface area is 104 Å². The van der Waals surface area contributed by atoms with Crippen molar-refractivity contribution in [2.75, 3.05) is 6.61 Å². The van der Waals surface area contributed by atoms with Crippen molar-refractivity contribution in [1.29, 1.82) is 0 Å². The Morgan fingerprint density at radius 3 is 2.94 bits per heavy atom. The normalized spacial score (nSPS) is 22.6. The minimum Gasteiger partial charge on any atom is -0.456 e. The zero-order valence-electron chi connectivity index (χ0n) is 10.1. The van der Waals surface area contributed by atoms with E-state index in [-0.39, 0.29) is 18.0 Å². The van der Waals surface area contributed by atoms with Gasteiger partial charge < -0.3 is 14.3 Å². The van der Waals surface area contributed by atoms with Gasteiger partial charge in [0.1, 0.15) is 11.2 Å². The van der Waals surface area contributed by atoms with E-state index in [2.05, 4.69) is 0 Å². The van der Waals surface area contributed by atoms with Gasteiger partial charge in [0.05, 0.1) is 17.6 Å². The number of hydrogen-bond donors (Lipinski definition) is 1. The van der Waals surface area contributed by atoms with Gasteiger partial charge in [-0.15, -0.1) is 0 Å². The molecule has 0 amide bonds. The van der Waals surface area contributed by atoms with Crippen molar-refractivity contribution in [3.8, 4) is 5.95 Å². The monoisotopic (exact) mass is 246 g/mol. The highest BCUT2D eigenvalue weighted by molar-refractivity contribution is 5.77. The second-order valence-corrected chi connectivity index (χ2v) is 4.90. The summed E-state index contributed by atoms with van der Waals surface area (Å²) in [4.78, 5) is 12.3. The van der Waals surface area contributed by atoms with Crippen LogP contribution in [0.15, 0.2) is 33.5 Å². The molecule has 0 spiro atoms. The molecule has 94 valence electrons. The molecule has 0 fully saturated rings. The molecule has 1 aliphatic heterocycles. The summed E-state index contributed by atoms with van der Waals surface area (Å²) >= 11 is 0. The third kappa shape index (κ3) is 1.61. The Kier molecular flexibility index (Phi) is 2.41. The van der Waals surface area contributed by atoms with Crippen molar-refractivity contribution >= 4 is 11.0 Å². The zero-order valence-corrected chi connectivity index (χ0v) is 10.1.